The lowest BCUT2D eigenvalue weighted by Crippen LogP contribution is -2.46. The fraction of sp³-hybridized carbons (Fsp3) is 0.538. The number of nitrogens with zero attached hydrogens (tertiary/aromatic N) is 2. The Labute approximate surface area is 124 Å². The maximum Gasteiger partial charge on any atom is 0.304 e. The Kier molecular flexibility index (Phi) is 4.48. The molecule has 0 aromatic carbocycles. The van der Waals surface area contributed by atoms with Crippen LogP contribution in [0.5, 0.6) is 5.88 Å². The van der Waals surface area contributed by atoms with E-state index in [4.69, 9.17) is 4.74 Å². The van der Waals surface area contributed by atoms with Gasteiger partial charge in [-0.05, 0) is 31.7 Å². The van der Waals surface area contributed by atoms with Crippen molar-refractivity contribution in [2.24, 2.45) is 5.92 Å². The first-order valence-corrected chi connectivity index (χ1v) is 8.09. The number of ether oxygens (including phenoxy) is 1. The Bertz CT molecular complexity index is 611. The minimum Gasteiger partial charge on any atom is -0.481 e. The molecule has 1 aliphatic carbocycles. The highest BCUT2D eigenvalue weighted by Crippen LogP contribution is 2.35. The SMILES string of the molecule is COc1ccc(C(=O)NS(=O)(=O)N(C)C(C)C2CC2)cn1. The molecule has 1 saturated carbocycles. The average Bonchev–Trinajstić information content (AvgIpc) is 3.30. The second-order valence-corrected chi connectivity index (χ2v) is 6.85. The van der Waals surface area contributed by atoms with E-state index in [1.807, 2.05) is 6.92 Å². The standard InChI is InChI=1S/C13H19N3O4S/c1-9(10-4-5-10)16(2)21(18,19)15-13(17)11-6-7-12(20-3)14-8-11/h6-10H,4-5H2,1-3H3,(H,15,17). The van der Waals surface area contributed by atoms with Crippen LogP contribution >= 0.6 is 0 Å². The number of carbonyl (C=O) groups excluding carboxylic acids is 1. The third-order valence-electron chi connectivity index (χ3n) is 3.69. The van der Waals surface area contributed by atoms with Gasteiger partial charge < -0.3 is 4.74 Å². The van der Waals surface area contributed by atoms with Gasteiger partial charge in [-0.1, -0.05) is 0 Å². The van der Waals surface area contributed by atoms with Crippen molar-refractivity contribution in [3.63, 3.8) is 0 Å². The first-order chi connectivity index (χ1) is 9.85. The summed E-state index contributed by atoms with van der Waals surface area (Å²) in [6.45, 7) is 1.84. The van der Waals surface area contributed by atoms with Crippen molar-refractivity contribution in [1.82, 2.24) is 14.0 Å². The summed E-state index contributed by atoms with van der Waals surface area (Å²) in [5.74, 6) is 0.0261. The van der Waals surface area contributed by atoms with Gasteiger partial charge in [0.05, 0.1) is 12.7 Å². The Morgan fingerprint density at radius 3 is 2.62 bits per heavy atom. The van der Waals surface area contributed by atoms with Crippen LogP contribution < -0.4 is 9.46 Å². The van der Waals surface area contributed by atoms with E-state index < -0.39 is 16.1 Å². The molecule has 1 amide bonds. The van der Waals surface area contributed by atoms with Crippen LogP contribution in [0.25, 0.3) is 0 Å². The molecule has 0 saturated heterocycles. The molecule has 1 aromatic rings. The second kappa shape index (κ2) is 5.98. The number of carbonyl (C=O) groups is 1. The smallest absolute Gasteiger partial charge is 0.304 e. The summed E-state index contributed by atoms with van der Waals surface area (Å²) in [6.07, 6.45) is 3.32. The summed E-state index contributed by atoms with van der Waals surface area (Å²) in [5, 5.41) is 0. The third-order valence-corrected chi connectivity index (χ3v) is 5.22. The normalized spacial score (nSPS) is 16.6. The van der Waals surface area contributed by atoms with Crippen molar-refractivity contribution in [3.05, 3.63) is 23.9 Å². The molecule has 8 heteroatoms. The van der Waals surface area contributed by atoms with Gasteiger partial charge >= 0.3 is 10.2 Å². The second-order valence-electron chi connectivity index (χ2n) is 5.12. The van der Waals surface area contributed by atoms with Crippen LogP contribution in [0.2, 0.25) is 0 Å². The fourth-order valence-electron chi connectivity index (χ4n) is 1.98. The number of hydrogen-bond donors (Lipinski definition) is 1. The average molecular weight is 313 g/mol. The summed E-state index contributed by atoms with van der Waals surface area (Å²) in [6, 6.07) is 2.84. The summed E-state index contributed by atoms with van der Waals surface area (Å²) < 4.78 is 32.5. The van der Waals surface area contributed by atoms with Gasteiger partial charge in [-0.3, -0.25) is 4.79 Å². The molecular formula is C13H19N3O4S. The van der Waals surface area contributed by atoms with Crippen LogP contribution in [0.3, 0.4) is 0 Å². The van der Waals surface area contributed by atoms with E-state index >= 15 is 0 Å². The van der Waals surface area contributed by atoms with Crippen molar-refractivity contribution in [2.75, 3.05) is 14.2 Å². The van der Waals surface area contributed by atoms with Gasteiger partial charge in [0, 0.05) is 25.4 Å². The van der Waals surface area contributed by atoms with E-state index in [0.29, 0.717) is 11.8 Å². The van der Waals surface area contributed by atoms with Gasteiger partial charge in [0.2, 0.25) is 5.88 Å². The molecule has 1 unspecified atom stereocenters. The Morgan fingerprint density at radius 1 is 1.48 bits per heavy atom. The summed E-state index contributed by atoms with van der Waals surface area (Å²) in [7, 11) is -0.917. The molecule has 0 aliphatic heterocycles. The van der Waals surface area contributed by atoms with Crippen LogP contribution in [0, 0.1) is 5.92 Å². The van der Waals surface area contributed by atoms with Gasteiger partial charge in [-0.25, -0.2) is 9.71 Å². The van der Waals surface area contributed by atoms with E-state index in [0.717, 1.165) is 12.8 Å². The molecule has 1 heterocycles. The van der Waals surface area contributed by atoms with Gasteiger partial charge in [-0.15, -0.1) is 0 Å². The molecule has 2 rings (SSSR count). The number of methoxy groups -OCH3 is 1. The van der Waals surface area contributed by atoms with Gasteiger partial charge in [0.25, 0.3) is 5.91 Å². The zero-order valence-corrected chi connectivity index (χ0v) is 13.1. The first kappa shape index (κ1) is 15.7. The molecule has 1 N–H and O–H groups in total. The molecule has 0 radical (unpaired) electrons. The molecular weight excluding hydrogens is 294 g/mol. The largest absolute Gasteiger partial charge is 0.481 e. The molecule has 0 bridgehead atoms. The zero-order valence-electron chi connectivity index (χ0n) is 12.2. The molecule has 0 spiro atoms. The molecule has 1 atom stereocenters. The Balaban J connectivity index is 2.05. The molecule has 7 nitrogen and oxygen atoms in total. The fourth-order valence-corrected chi connectivity index (χ4v) is 3.08. The number of pyridine rings is 1. The van der Waals surface area contributed by atoms with E-state index in [2.05, 4.69) is 9.71 Å². The number of nitrogens with one attached hydrogen (secondary N) is 1. The lowest BCUT2D eigenvalue weighted by Gasteiger charge is -2.24. The van der Waals surface area contributed by atoms with E-state index in [1.54, 1.807) is 0 Å². The molecule has 1 fully saturated rings. The summed E-state index contributed by atoms with van der Waals surface area (Å²) >= 11 is 0. The highest BCUT2D eigenvalue weighted by molar-refractivity contribution is 7.87. The monoisotopic (exact) mass is 313 g/mol. The number of amides is 1. The van der Waals surface area contributed by atoms with E-state index in [1.165, 1.54) is 36.8 Å². The maximum atomic E-state index is 12.2. The predicted octanol–water partition coefficient (Wildman–Crippen LogP) is 0.795. The molecule has 1 aliphatic rings. The minimum atomic E-state index is -3.85. The number of rotatable bonds is 6. The third kappa shape index (κ3) is 3.70. The van der Waals surface area contributed by atoms with Crippen LogP contribution in [0.4, 0.5) is 0 Å². The van der Waals surface area contributed by atoms with Crippen molar-refractivity contribution in [1.29, 1.82) is 0 Å². The van der Waals surface area contributed by atoms with Crippen LogP contribution in [0.15, 0.2) is 18.3 Å². The molecule has 116 valence electrons. The summed E-state index contributed by atoms with van der Waals surface area (Å²) in [4.78, 5) is 15.8. The topological polar surface area (TPSA) is 88.6 Å². The van der Waals surface area contributed by atoms with Gasteiger partial charge in [-0.2, -0.15) is 12.7 Å². The maximum absolute atomic E-state index is 12.2. The summed E-state index contributed by atoms with van der Waals surface area (Å²) in [5.41, 5.74) is 0.159. The van der Waals surface area contributed by atoms with Crippen molar-refractivity contribution in [3.8, 4) is 5.88 Å². The predicted molar refractivity (Wildman–Crippen MR) is 77.1 cm³/mol. The zero-order chi connectivity index (χ0) is 15.6. The van der Waals surface area contributed by atoms with Gasteiger partial charge in [0.15, 0.2) is 0 Å². The van der Waals surface area contributed by atoms with Crippen molar-refractivity contribution < 1.29 is 17.9 Å². The highest BCUT2D eigenvalue weighted by Gasteiger charge is 2.36. The lowest BCUT2D eigenvalue weighted by molar-refractivity contribution is 0.0978. The first-order valence-electron chi connectivity index (χ1n) is 6.65. The molecule has 1 aromatic heterocycles. The lowest BCUT2D eigenvalue weighted by atomic mass is 10.2. The Morgan fingerprint density at radius 2 is 2.14 bits per heavy atom. The quantitative estimate of drug-likeness (QED) is 0.839. The molecule has 21 heavy (non-hydrogen) atoms. The number of aromatic nitrogens is 1. The Hall–Kier alpha value is -1.67. The van der Waals surface area contributed by atoms with Crippen LogP contribution in [-0.4, -0.2) is 43.8 Å². The van der Waals surface area contributed by atoms with Crippen LogP contribution in [-0.2, 0) is 10.2 Å². The van der Waals surface area contributed by atoms with Crippen molar-refractivity contribution >= 4 is 16.1 Å². The van der Waals surface area contributed by atoms with E-state index in [9.17, 15) is 13.2 Å². The van der Waals surface area contributed by atoms with E-state index in [-0.39, 0.29) is 11.6 Å². The van der Waals surface area contributed by atoms with Gasteiger partial charge in [0.1, 0.15) is 0 Å². The van der Waals surface area contributed by atoms with Crippen LogP contribution in [0.1, 0.15) is 30.1 Å². The number of hydrogen-bond acceptors (Lipinski definition) is 5. The minimum absolute atomic E-state index is 0.121. The van der Waals surface area contributed by atoms with Crippen molar-refractivity contribution in [2.45, 2.75) is 25.8 Å². The highest BCUT2D eigenvalue weighted by atomic mass is 32.2.